The molecule has 0 unspecified atom stereocenters. The van der Waals surface area contributed by atoms with Gasteiger partial charge in [0, 0.05) is 25.8 Å². The van der Waals surface area contributed by atoms with E-state index >= 15 is 0 Å². The summed E-state index contributed by atoms with van der Waals surface area (Å²) in [4.78, 5) is 19.2. The fourth-order valence-corrected chi connectivity index (χ4v) is 3.36. The van der Waals surface area contributed by atoms with Gasteiger partial charge in [0.05, 0.1) is 12.2 Å². The Balaban J connectivity index is 3.02. The molecule has 0 aromatic rings. The van der Waals surface area contributed by atoms with Gasteiger partial charge < -0.3 is 9.64 Å². The highest BCUT2D eigenvalue weighted by Crippen LogP contribution is 2.28. The van der Waals surface area contributed by atoms with E-state index in [4.69, 9.17) is 4.74 Å². The Hall–Kier alpha value is -2.62. The van der Waals surface area contributed by atoms with E-state index in [9.17, 15) is 4.79 Å². The summed E-state index contributed by atoms with van der Waals surface area (Å²) in [5, 5.41) is 0. The second kappa shape index (κ2) is 11.1. The monoisotopic (exact) mass is 424 g/mol. The molecule has 1 rings (SSSR count). The van der Waals surface area contributed by atoms with Crippen molar-refractivity contribution in [2.75, 3.05) is 26.7 Å². The number of hydrogen-bond acceptors (Lipinski definition) is 3. The molecule has 0 atom stereocenters. The maximum atomic E-state index is 13.0. The molecule has 1 heterocycles. The van der Waals surface area contributed by atoms with Gasteiger partial charge in [0.1, 0.15) is 5.76 Å². The van der Waals surface area contributed by atoms with Crippen molar-refractivity contribution in [3.63, 3.8) is 0 Å². The summed E-state index contributed by atoms with van der Waals surface area (Å²) in [5.74, 6) is 0.457. The molecule has 4 heteroatoms. The summed E-state index contributed by atoms with van der Waals surface area (Å²) in [6.45, 7) is 26.1. The molecule has 0 N–H and O–H groups in total. The number of hydrogen-bond donors (Lipinski definition) is 0. The molecule has 0 aromatic heterocycles. The van der Waals surface area contributed by atoms with Crippen LogP contribution in [0.4, 0.5) is 0 Å². The van der Waals surface area contributed by atoms with Crippen LogP contribution in [0.2, 0.25) is 0 Å². The van der Waals surface area contributed by atoms with Gasteiger partial charge in [-0.3, -0.25) is 9.79 Å². The normalized spacial score (nSPS) is 17.3. The Bertz CT molecular complexity index is 887. The molecule has 31 heavy (non-hydrogen) atoms. The Morgan fingerprint density at radius 1 is 1.26 bits per heavy atom. The number of rotatable bonds is 9. The highest BCUT2D eigenvalue weighted by Gasteiger charge is 2.31. The molecule has 0 fully saturated rings. The van der Waals surface area contributed by atoms with Gasteiger partial charge in [0.25, 0.3) is 5.91 Å². The standard InChI is InChI=1S/C27H40N2O2/c1-12-23(24(13-2)21(6)28-11)14-18(3)19(4)15-29-16-20(5)25(26(29)30)22(7)31-17-27(8,9)10/h12-14H,1,7,15-17H2,2-6,8-11H3/b19-18+,23-14+,24-13+,28-21?. The lowest BCUT2D eigenvalue weighted by atomic mass is 9.98. The molecule has 0 bridgehead atoms. The van der Waals surface area contributed by atoms with Gasteiger partial charge in [-0.15, -0.1) is 0 Å². The van der Waals surface area contributed by atoms with E-state index in [1.54, 1.807) is 7.05 Å². The van der Waals surface area contributed by atoms with E-state index in [1.165, 1.54) is 0 Å². The molecule has 4 nitrogen and oxygen atoms in total. The zero-order valence-electron chi connectivity index (χ0n) is 21.0. The Kier molecular flexibility index (Phi) is 9.48. The first-order valence-corrected chi connectivity index (χ1v) is 10.8. The lowest BCUT2D eigenvalue weighted by Gasteiger charge is -2.21. The quantitative estimate of drug-likeness (QED) is 0.251. The Labute approximate surface area is 189 Å². The maximum Gasteiger partial charge on any atom is 0.258 e. The average molecular weight is 425 g/mol. The minimum absolute atomic E-state index is 0.0109. The van der Waals surface area contributed by atoms with Crippen molar-refractivity contribution >= 4 is 11.6 Å². The fourth-order valence-electron chi connectivity index (χ4n) is 3.36. The Morgan fingerprint density at radius 3 is 2.35 bits per heavy atom. The van der Waals surface area contributed by atoms with Crippen LogP contribution < -0.4 is 0 Å². The van der Waals surface area contributed by atoms with Crippen molar-refractivity contribution in [1.82, 2.24) is 4.90 Å². The van der Waals surface area contributed by atoms with Crippen LogP contribution in [-0.4, -0.2) is 43.3 Å². The van der Waals surface area contributed by atoms with E-state index in [0.29, 0.717) is 31.0 Å². The summed E-state index contributed by atoms with van der Waals surface area (Å²) < 4.78 is 5.82. The van der Waals surface area contributed by atoms with Crippen molar-refractivity contribution in [2.45, 2.75) is 55.4 Å². The summed E-state index contributed by atoms with van der Waals surface area (Å²) in [6, 6.07) is 0. The first-order valence-electron chi connectivity index (χ1n) is 10.8. The number of aliphatic imine (C=N–C) groups is 1. The first kappa shape index (κ1) is 26.4. The molecule has 0 aliphatic carbocycles. The molecule has 0 saturated heterocycles. The van der Waals surface area contributed by atoms with E-state index in [-0.39, 0.29) is 11.3 Å². The molecule has 0 radical (unpaired) electrons. The number of carbonyl (C=O) groups is 1. The van der Waals surface area contributed by atoms with Crippen molar-refractivity contribution in [3.05, 3.63) is 70.6 Å². The van der Waals surface area contributed by atoms with E-state index < -0.39 is 0 Å². The van der Waals surface area contributed by atoms with Crippen molar-refractivity contribution in [2.24, 2.45) is 10.4 Å². The third-order valence-electron chi connectivity index (χ3n) is 5.33. The van der Waals surface area contributed by atoms with E-state index in [0.717, 1.165) is 33.6 Å². The lowest BCUT2D eigenvalue weighted by molar-refractivity contribution is -0.125. The maximum absolute atomic E-state index is 13.0. The highest BCUT2D eigenvalue weighted by molar-refractivity contribution is 6.03. The molecule has 0 saturated carbocycles. The SMILES string of the molecule is C=CC(=C\C(C)=C(/C)CN1CC(C)=C(C(=C)OCC(C)(C)C)C1=O)/C(=C/C)C(C)=NC. The molecular formula is C27H40N2O2. The summed E-state index contributed by atoms with van der Waals surface area (Å²) in [7, 11) is 1.79. The van der Waals surface area contributed by atoms with Gasteiger partial charge in [-0.05, 0) is 62.3 Å². The highest BCUT2D eigenvalue weighted by atomic mass is 16.5. The van der Waals surface area contributed by atoms with Crippen LogP contribution in [0.1, 0.15) is 55.4 Å². The second-order valence-corrected chi connectivity index (χ2v) is 9.37. The van der Waals surface area contributed by atoms with Gasteiger partial charge >= 0.3 is 0 Å². The molecule has 0 aromatic carbocycles. The number of ether oxygens (including phenoxy) is 1. The smallest absolute Gasteiger partial charge is 0.258 e. The minimum atomic E-state index is -0.0143. The van der Waals surface area contributed by atoms with Crippen LogP contribution in [0.15, 0.2) is 75.6 Å². The topological polar surface area (TPSA) is 41.9 Å². The number of carbonyl (C=O) groups excluding carboxylic acids is 1. The van der Waals surface area contributed by atoms with Crippen molar-refractivity contribution in [1.29, 1.82) is 0 Å². The molecular weight excluding hydrogens is 384 g/mol. The molecule has 1 aliphatic rings. The van der Waals surface area contributed by atoms with Gasteiger partial charge in [-0.1, -0.05) is 57.7 Å². The minimum Gasteiger partial charge on any atom is -0.493 e. The first-order chi connectivity index (χ1) is 14.4. The average Bonchev–Trinajstić information content (AvgIpc) is 2.97. The number of nitrogens with zero attached hydrogens (tertiary/aromatic N) is 2. The molecule has 0 spiro atoms. The van der Waals surface area contributed by atoms with Gasteiger partial charge in [0.2, 0.25) is 0 Å². The number of allylic oxidation sites excluding steroid dienone is 6. The largest absolute Gasteiger partial charge is 0.493 e. The van der Waals surface area contributed by atoms with Crippen LogP contribution in [0.25, 0.3) is 0 Å². The zero-order valence-corrected chi connectivity index (χ0v) is 21.0. The molecule has 1 amide bonds. The summed E-state index contributed by atoms with van der Waals surface area (Å²) in [5.41, 5.74) is 6.92. The second-order valence-electron chi connectivity index (χ2n) is 9.37. The van der Waals surface area contributed by atoms with Crippen LogP contribution >= 0.6 is 0 Å². The zero-order chi connectivity index (χ0) is 23.9. The summed E-state index contributed by atoms with van der Waals surface area (Å²) >= 11 is 0. The lowest BCUT2D eigenvalue weighted by Crippen LogP contribution is -2.29. The predicted molar refractivity (Wildman–Crippen MR) is 133 cm³/mol. The van der Waals surface area contributed by atoms with Crippen LogP contribution in [0, 0.1) is 5.41 Å². The molecule has 1 aliphatic heterocycles. The van der Waals surface area contributed by atoms with Gasteiger partial charge in [-0.2, -0.15) is 0 Å². The van der Waals surface area contributed by atoms with Crippen LogP contribution in [-0.2, 0) is 9.53 Å². The fraction of sp³-hybridized carbons (Fsp3) is 0.481. The summed E-state index contributed by atoms with van der Waals surface area (Å²) in [6.07, 6.45) is 6.01. The Morgan fingerprint density at radius 2 is 1.87 bits per heavy atom. The van der Waals surface area contributed by atoms with Crippen molar-refractivity contribution < 1.29 is 9.53 Å². The van der Waals surface area contributed by atoms with Crippen LogP contribution in [0.5, 0.6) is 0 Å². The van der Waals surface area contributed by atoms with Gasteiger partial charge in [-0.25, -0.2) is 0 Å². The van der Waals surface area contributed by atoms with Crippen LogP contribution in [0.3, 0.4) is 0 Å². The van der Waals surface area contributed by atoms with E-state index in [2.05, 4.69) is 58.8 Å². The molecule has 170 valence electrons. The third kappa shape index (κ3) is 7.23. The van der Waals surface area contributed by atoms with E-state index in [1.807, 2.05) is 37.8 Å². The van der Waals surface area contributed by atoms with Gasteiger partial charge in [0.15, 0.2) is 0 Å². The van der Waals surface area contributed by atoms with Crippen molar-refractivity contribution in [3.8, 4) is 0 Å². The predicted octanol–water partition coefficient (Wildman–Crippen LogP) is 6.21. The third-order valence-corrected chi connectivity index (χ3v) is 5.33. The number of amides is 1.